The summed E-state index contributed by atoms with van der Waals surface area (Å²) in [6, 6.07) is 7.02. The van der Waals surface area contributed by atoms with Gasteiger partial charge in [0.1, 0.15) is 0 Å². The second kappa shape index (κ2) is 5.40. The summed E-state index contributed by atoms with van der Waals surface area (Å²) in [5, 5.41) is 5.94. The van der Waals surface area contributed by atoms with Crippen molar-refractivity contribution in [3.8, 4) is 11.5 Å². The van der Waals surface area contributed by atoms with Crippen molar-refractivity contribution in [2.75, 3.05) is 13.6 Å². The zero-order valence-electron chi connectivity index (χ0n) is 10.2. The van der Waals surface area contributed by atoms with E-state index in [2.05, 4.69) is 15.5 Å². The fraction of sp³-hybridized carbons (Fsp3) is 0.333. The molecule has 7 heteroatoms. The smallest absolute Gasteiger partial charge is 0.334 e. The van der Waals surface area contributed by atoms with Gasteiger partial charge in [0.2, 0.25) is 0 Å². The predicted octanol–water partition coefficient (Wildman–Crippen LogP) is 2.52. The molecule has 0 aliphatic carbocycles. The van der Waals surface area contributed by atoms with Crippen molar-refractivity contribution in [1.29, 1.82) is 0 Å². The summed E-state index contributed by atoms with van der Waals surface area (Å²) in [5.41, 5.74) is 1.38. The summed E-state index contributed by atoms with van der Waals surface area (Å²) in [6.45, 7) is 0.706. The quantitative estimate of drug-likeness (QED) is 0.928. The first-order valence-corrected chi connectivity index (χ1v) is 5.66. The highest BCUT2D eigenvalue weighted by molar-refractivity contribution is 5.58. The maximum absolute atomic E-state index is 12.4. The van der Waals surface area contributed by atoms with Gasteiger partial charge >= 0.3 is 6.18 Å². The molecule has 0 aliphatic rings. The van der Waals surface area contributed by atoms with E-state index < -0.39 is 12.0 Å². The molecule has 4 nitrogen and oxygen atoms in total. The van der Waals surface area contributed by atoms with E-state index >= 15 is 0 Å². The third-order valence-corrected chi connectivity index (χ3v) is 2.57. The van der Waals surface area contributed by atoms with Gasteiger partial charge in [-0.25, -0.2) is 0 Å². The van der Waals surface area contributed by atoms with Gasteiger partial charge in [-0.15, -0.1) is 0 Å². The molecular weight excluding hydrogens is 259 g/mol. The molecule has 1 aromatic carbocycles. The van der Waals surface area contributed by atoms with E-state index in [9.17, 15) is 13.2 Å². The second-order valence-corrected chi connectivity index (χ2v) is 3.93. The molecule has 0 bridgehead atoms. The molecule has 0 radical (unpaired) electrons. The third-order valence-electron chi connectivity index (χ3n) is 2.57. The van der Waals surface area contributed by atoms with Gasteiger partial charge in [-0.2, -0.15) is 18.2 Å². The van der Waals surface area contributed by atoms with Crippen LogP contribution in [0.5, 0.6) is 0 Å². The minimum atomic E-state index is -4.60. The van der Waals surface area contributed by atoms with Crippen molar-refractivity contribution in [2.45, 2.75) is 12.6 Å². The molecule has 0 saturated carbocycles. The van der Waals surface area contributed by atoms with E-state index in [-0.39, 0.29) is 5.89 Å². The van der Waals surface area contributed by atoms with Gasteiger partial charge in [0.15, 0.2) is 0 Å². The first kappa shape index (κ1) is 13.5. The molecule has 0 aliphatic heterocycles. The van der Waals surface area contributed by atoms with Crippen LogP contribution in [0.4, 0.5) is 13.2 Å². The molecule has 0 spiro atoms. The Hall–Kier alpha value is -1.89. The number of alkyl halides is 3. The van der Waals surface area contributed by atoms with E-state index in [4.69, 9.17) is 4.52 Å². The summed E-state index contributed by atoms with van der Waals surface area (Å²) in [5.74, 6) is -1.37. The van der Waals surface area contributed by atoms with Crippen LogP contribution < -0.4 is 5.32 Å². The Morgan fingerprint density at radius 3 is 2.63 bits per heavy atom. The molecule has 102 valence electrons. The van der Waals surface area contributed by atoms with Crippen molar-refractivity contribution in [3.05, 3.63) is 35.7 Å². The van der Waals surface area contributed by atoms with E-state index in [0.717, 1.165) is 5.56 Å². The number of hydrogen-bond acceptors (Lipinski definition) is 4. The fourth-order valence-electron chi connectivity index (χ4n) is 1.65. The van der Waals surface area contributed by atoms with Gasteiger partial charge in [0, 0.05) is 5.56 Å². The second-order valence-electron chi connectivity index (χ2n) is 3.93. The number of halogens is 3. The molecule has 0 fully saturated rings. The Morgan fingerprint density at radius 1 is 1.26 bits per heavy atom. The number of nitrogens with one attached hydrogen (secondary N) is 1. The lowest BCUT2D eigenvalue weighted by Gasteiger charge is -2.05. The number of rotatable bonds is 4. The summed E-state index contributed by atoms with van der Waals surface area (Å²) >= 11 is 0. The van der Waals surface area contributed by atoms with Crippen LogP contribution in [0.3, 0.4) is 0 Å². The maximum atomic E-state index is 12.4. The highest BCUT2D eigenvalue weighted by Crippen LogP contribution is 2.29. The van der Waals surface area contributed by atoms with E-state index in [0.29, 0.717) is 18.5 Å². The average Bonchev–Trinajstić information content (AvgIpc) is 2.86. The zero-order chi connectivity index (χ0) is 13.9. The highest BCUT2D eigenvalue weighted by Gasteiger charge is 2.37. The van der Waals surface area contributed by atoms with Crippen molar-refractivity contribution < 1.29 is 17.7 Å². The molecule has 1 aromatic heterocycles. The van der Waals surface area contributed by atoms with Gasteiger partial charge < -0.3 is 9.84 Å². The number of nitrogens with zero attached hydrogens (tertiary/aromatic N) is 2. The van der Waals surface area contributed by atoms with Gasteiger partial charge in [0.05, 0.1) is 0 Å². The number of hydrogen-bond donors (Lipinski definition) is 1. The summed E-state index contributed by atoms with van der Waals surface area (Å²) < 4.78 is 42.0. The maximum Gasteiger partial charge on any atom is 0.455 e. The summed E-state index contributed by atoms with van der Waals surface area (Å²) in [6.07, 6.45) is -3.93. The fourth-order valence-corrected chi connectivity index (χ4v) is 1.65. The van der Waals surface area contributed by atoms with Crippen LogP contribution in [0.15, 0.2) is 28.8 Å². The lowest BCUT2D eigenvalue weighted by Crippen LogP contribution is -2.11. The Balaban J connectivity index is 2.33. The monoisotopic (exact) mass is 271 g/mol. The van der Waals surface area contributed by atoms with Crippen molar-refractivity contribution in [3.63, 3.8) is 0 Å². The first-order valence-electron chi connectivity index (χ1n) is 5.66. The number of likely N-dealkylation sites (N-methyl/N-ethyl adjacent to an activating group) is 1. The zero-order valence-corrected chi connectivity index (χ0v) is 10.2. The minimum absolute atomic E-state index is 0.112. The molecule has 0 saturated heterocycles. The Kier molecular flexibility index (Phi) is 3.84. The molecule has 0 atom stereocenters. The Labute approximate surface area is 107 Å². The van der Waals surface area contributed by atoms with Gasteiger partial charge in [-0.05, 0) is 31.6 Å². The van der Waals surface area contributed by atoms with Crippen LogP contribution >= 0.6 is 0 Å². The van der Waals surface area contributed by atoms with Crippen LogP contribution in [0.25, 0.3) is 11.5 Å². The largest absolute Gasteiger partial charge is 0.455 e. The van der Waals surface area contributed by atoms with Crippen LogP contribution in [-0.2, 0) is 12.6 Å². The van der Waals surface area contributed by atoms with Crippen molar-refractivity contribution >= 4 is 0 Å². The van der Waals surface area contributed by atoms with E-state index in [1.54, 1.807) is 19.2 Å². The van der Waals surface area contributed by atoms with E-state index in [1.807, 2.05) is 12.1 Å². The van der Waals surface area contributed by atoms with Crippen molar-refractivity contribution in [2.24, 2.45) is 0 Å². The molecular formula is C12H12F3N3O. The number of benzene rings is 1. The SMILES string of the molecule is CNCCc1ccccc1-c1nc(C(F)(F)F)no1. The molecule has 2 rings (SSSR count). The standard InChI is InChI=1S/C12H12F3N3O/c1-16-7-6-8-4-2-3-5-9(8)10-17-11(18-19-10)12(13,14)15/h2-5,16H,6-7H2,1H3. The van der Waals surface area contributed by atoms with Crippen LogP contribution in [0, 0.1) is 0 Å². The van der Waals surface area contributed by atoms with Crippen LogP contribution in [0.1, 0.15) is 11.4 Å². The summed E-state index contributed by atoms with van der Waals surface area (Å²) in [7, 11) is 1.80. The Bertz CT molecular complexity index is 551. The van der Waals surface area contributed by atoms with Crippen LogP contribution in [-0.4, -0.2) is 23.7 Å². The van der Waals surface area contributed by atoms with E-state index in [1.165, 1.54) is 0 Å². The molecule has 1 heterocycles. The minimum Gasteiger partial charge on any atom is -0.334 e. The normalized spacial score (nSPS) is 11.8. The first-order chi connectivity index (χ1) is 9.02. The Morgan fingerprint density at radius 2 is 2.00 bits per heavy atom. The molecule has 0 amide bonds. The van der Waals surface area contributed by atoms with Gasteiger partial charge in [0.25, 0.3) is 11.7 Å². The predicted molar refractivity (Wildman–Crippen MR) is 62.4 cm³/mol. The van der Waals surface area contributed by atoms with Gasteiger partial charge in [-0.3, -0.25) is 0 Å². The lowest BCUT2D eigenvalue weighted by molar-refractivity contribution is -0.146. The molecule has 0 unspecified atom stereocenters. The van der Waals surface area contributed by atoms with Crippen LogP contribution in [0.2, 0.25) is 0 Å². The lowest BCUT2D eigenvalue weighted by atomic mass is 10.0. The molecule has 2 aromatic rings. The third kappa shape index (κ3) is 3.11. The van der Waals surface area contributed by atoms with Crippen molar-refractivity contribution in [1.82, 2.24) is 15.5 Å². The molecule has 19 heavy (non-hydrogen) atoms. The van der Waals surface area contributed by atoms with Gasteiger partial charge in [-0.1, -0.05) is 23.4 Å². The average molecular weight is 271 g/mol. The summed E-state index contributed by atoms with van der Waals surface area (Å²) in [4.78, 5) is 3.40. The highest BCUT2D eigenvalue weighted by atomic mass is 19.4. The number of aromatic nitrogens is 2. The topological polar surface area (TPSA) is 51.0 Å². The molecule has 1 N–H and O–H groups in total.